The van der Waals surface area contributed by atoms with Gasteiger partial charge in [0.2, 0.25) is 0 Å². The molecule has 1 aromatic rings. The topological polar surface area (TPSA) is 49.3 Å². The first-order chi connectivity index (χ1) is 9.25. The Morgan fingerprint density at radius 1 is 1.21 bits per heavy atom. The molecule has 0 aliphatic heterocycles. The monoisotopic (exact) mass is 259 g/mol. The molecule has 1 saturated carbocycles. The fourth-order valence-electron chi connectivity index (χ4n) is 2.54. The Bertz CT molecular complexity index is 420. The predicted molar refractivity (Wildman–Crippen MR) is 76.9 cm³/mol. The van der Waals surface area contributed by atoms with Crippen LogP contribution in [0, 0.1) is 5.92 Å². The second kappa shape index (κ2) is 7.10. The SMILES string of the molecule is O=C(O)C1CCC(NCC=Cc2ccccc2)CC1. The zero-order chi connectivity index (χ0) is 13.5. The van der Waals surface area contributed by atoms with Crippen LogP contribution in [0.1, 0.15) is 31.2 Å². The lowest BCUT2D eigenvalue weighted by atomic mass is 9.86. The molecule has 0 amide bonds. The normalized spacial score (nSPS) is 23.6. The molecule has 19 heavy (non-hydrogen) atoms. The Balaban J connectivity index is 1.67. The zero-order valence-electron chi connectivity index (χ0n) is 11.1. The van der Waals surface area contributed by atoms with Crippen molar-refractivity contribution in [1.29, 1.82) is 0 Å². The van der Waals surface area contributed by atoms with Crippen molar-refractivity contribution in [3.8, 4) is 0 Å². The first kappa shape index (κ1) is 13.8. The van der Waals surface area contributed by atoms with Gasteiger partial charge in [-0.2, -0.15) is 0 Å². The first-order valence-electron chi connectivity index (χ1n) is 6.93. The van der Waals surface area contributed by atoms with Crippen LogP contribution in [-0.4, -0.2) is 23.7 Å². The van der Waals surface area contributed by atoms with Crippen molar-refractivity contribution < 1.29 is 9.90 Å². The standard InChI is InChI=1S/C16H21NO2/c18-16(19)14-8-10-15(11-9-14)17-12-4-7-13-5-2-1-3-6-13/h1-7,14-15,17H,8-12H2,(H,18,19). The highest BCUT2D eigenvalue weighted by molar-refractivity contribution is 5.70. The van der Waals surface area contributed by atoms with Crippen molar-refractivity contribution in [3.05, 3.63) is 42.0 Å². The first-order valence-corrected chi connectivity index (χ1v) is 6.93. The van der Waals surface area contributed by atoms with Gasteiger partial charge in [0.1, 0.15) is 0 Å². The van der Waals surface area contributed by atoms with Gasteiger partial charge < -0.3 is 10.4 Å². The number of carboxylic acid groups (broad SMARTS) is 1. The summed E-state index contributed by atoms with van der Waals surface area (Å²) in [6.45, 7) is 0.845. The van der Waals surface area contributed by atoms with Crippen molar-refractivity contribution in [2.45, 2.75) is 31.7 Å². The number of nitrogens with one attached hydrogen (secondary N) is 1. The Kier molecular flexibility index (Phi) is 5.16. The van der Waals surface area contributed by atoms with Gasteiger partial charge in [0, 0.05) is 12.6 Å². The molecular formula is C16H21NO2. The maximum atomic E-state index is 10.8. The molecule has 2 N–H and O–H groups in total. The minimum atomic E-state index is -0.637. The van der Waals surface area contributed by atoms with E-state index < -0.39 is 5.97 Å². The molecule has 3 nitrogen and oxygen atoms in total. The van der Waals surface area contributed by atoms with Crippen LogP contribution in [0.3, 0.4) is 0 Å². The smallest absolute Gasteiger partial charge is 0.306 e. The van der Waals surface area contributed by atoms with E-state index in [1.807, 2.05) is 18.2 Å². The van der Waals surface area contributed by atoms with E-state index in [0.717, 1.165) is 32.2 Å². The lowest BCUT2D eigenvalue weighted by Gasteiger charge is -2.26. The van der Waals surface area contributed by atoms with E-state index in [2.05, 4.69) is 29.6 Å². The third kappa shape index (κ3) is 4.52. The van der Waals surface area contributed by atoms with Crippen LogP contribution in [0.5, 0.6) is 0 Å². The zero-order valence-corrected chi connectivity index (χ0v) is 11.1. The highest BCUT2D eigenvalue weighted by atomic mass is 16.4. The lowest BCUT2D eigenvalue weighted by molar-refractivity contribution is -0.142. The molecule has 2 rings (SSSR count). The Morgan fingerprint density at radius 2 is 1.89 bits per heavy atom. The Hall–Kier alpha value is -1.61. The van der Waals surface area contributed by atoms with E-state index in [-0.39, 0.29) is 5.92 Å². The van der Waals surface area contributed by atoms with E-state index >= 15 is 0 Å². The minimum Gasteiger partial charge on any atom is -0.481 e. The third-order valence-corrected chi connectivity index (χ3v) is 3.71. The molecule has 3 heteroatoms. The average Bonchev–Trinajstić information content (AvgIpc) is 2.45. The molecule has 0 heterocycles. The van der Waals surface area contributed by atoms with Crippen molar-refractivity contribution >= 4 is 12.0 Å². The van der Waals surface area contributed by atoms with E-state index in [9.17, 15) is 4.79 Å². The van der Waals surface area contributed by atoms with E-state index in [4.69, 9.17) is 5.11 Å². The number of rotatable bonds is 5. The molecule has 1 fully saturated rings. The second-order valence-electron chi connectivity index (χ2n) is 5.11. The summed E-state index contributed by atoms with van der Waals surface area (Å²) in [6.07, 6.45) is 7.77. The number of aliphatic carboxylic acids is 1. The molecule has 0 unspecified atom stereocenters. The molecule has 1 aliphatic rings. The van der Waals surface area contributed by atoms with Gasteiger partial charge in [-0.1, -0.05) is 42.5 Å². The van der Waals surface area contributed by atoms with Crippen LogP contribution < -0.4 is 5.32 Å². The molecule has 0 atom stereocenters. The molecule has 0 saturated heterocycles. The van der Waals surface area contributed by atoms with Gasteiger partial charge in [-0.25, -0.2) is 0 Å². The summed E-state index contributed by atoms with van der Waals surface area (Å²) in [7, 11) is 0. The molecule has 102 valence electrons. The largest absolute Gasteiger partial charge is 0.481 e. The maximum absolute atomic E-state index is 10.8. The maximum Gasteiger partial charge on any atom is 0.306 e. The Morgan fingerprint density at radius 3 is 2.53 bits per heavy atom. The van der Waals surface area contributed by atoms with E-state index in [1.165, 1.54) is 5.56 Å². The summed E-state index contributed by atoms with van der Waals surface area (Å²) in [5.74, 6) is -0.764. The average molecular weight is 259 g/mol. The van der Waals surface area contributed by atoms with Crippen LogP contribution in [0.2, 0.25) is 0 Å². The summed E-state index contributed by atoms with van der Waals surface area (Å²) in [6, 6.07) is 10.7. The van der Waals surface area contributed by atoms with Crippen molar-refractivity contribution in [1.82, 2.24) is 5.32 Å². The molecular weight excluding hydrogens is 238 g/mol. The predicted octanol–water partition coefficient (Wildman–Crippen LogP) is 2.93. The van der Waals surface area contributed by atoms with E-state index in [0.29, 0.717) is 6.04 Å². The number of benzene rings is 1. The van der Waals surface area contributed by atoms with Gasteiger partial charge in [0.25, 0.3) is 0 Å². The van der Waals surface area contributed by atoms with Crippen LogP contribution in [0.15, 0.2) is 36.4 Å². The van der Waals surface area contributed by atoms with E-state index in [1.54, 1.807) is 0 Å². The highest BCUT2D eigenvalue weighted by Gasteiger charge is 2.25. The quantitative estimate of drug-likeness (QED) is 0.854. The molecule has 1 aliphatic carbocycles. The van der Waals surface area contributed by atoms with Crippen LogP contribution in [0.4, 0.5) is 0 Å². The summed E-state index contributed by atoms with van der Waals surface area (Å²) in [5.41, 5.74) is 1.21. The number of carbonyl (C=O) groups is 1. The van der Waals surface area contributed by atoms with Gasteiger partial charge in [-0.3, -0.25) is 4.79 Å². The molecule has 0 radical (unpaired) electrons. The number of carboxylic acids is 1. The minimum absolute atomic E-state index is 0.127. The summed E-state index contributed by atoms with van der Waals surface area (Å²) in [5, 5.41) is 12.4. The van der Waals surface area contributed by atoms with Gasteiger partial charge in [-0.15, -0.1) is 0 Å². The molecule has 0 spiro atoms. The van der Waals surface area contributed by atoms with Gasteiger partial charge in [0.15, 0.2) is 0 Å². The lowest BCUT2D eigenvalue weighted by Crippen LogP contribution is -2.34. The van der Waals surface area contributed by atoms with Gasteiger partial charge in [0.05, 0.1) is 5.92 Å². The fourth-order valence-corrected chi connectivity index (χ4v) is 2.54. The molecule has 1 aromatic carbocycles. The van der Waals surface area contributed by atoms with Crippen LogP contribution in [-0.2, 0) is 4.79 Å². The van der Waals surface area contributed by atoms with Crippen LogP contribution in [0.25, 0.3) is 6.08 Å². The van der Waals surface area contributed by atoms with Crippen molar-refractivity contribution in [3.63, 3.8) is 0 Å². The van der Waals surface area contributed by atoms with Crippen molar-refractivity contribution in [2.75, 3.05) is 6.54 Å². The van der Waals surface area contributed by atoms with Crippen LogP contribution >= 0.6 is 0 Å². The van der Waals surface area contributed by atoms with Crippen molar-refractivity contribution in [2.24, 2.45) is 5.92 Å². The number of hydrogen-bond acceptors (Lipinski definition) is 2. The number of hydrogen-bond donors (Lipinski definition) is 2. The third-order valence-electron chi connectivity index (χ3n) is 3.71. The molecule has 0 aromatic heterocycles. The van der Waals surface area contributed by atoms with Gasteiger partial charge >= 0.3 is 5.97 Å². The summed E-state index contributed by atoms with van der Waals surface area (Å²) < 4.78 is 0. The van der Waals surface area contributed by atoms with Gasteiger partial charge in [-0.05, 0) is 31.2 Å². The summed E-state index contributed by atoms with van der Waals surface area (Å²) >= 11 is 0. The second-order valence-corrected chi connectivity index (χ2v) is 5.11. The summed E-state index contributed by atoms with van der Waals surface area (Å²) in [4.78, 5) is 10.8. The Labute approximate surface area is 114 Å². The fraction of sp³-hybridized carbons (Fsp3) is 0.438. The molecule has 0 bridgehead atoms. The highest BCUT2D eigenvalue weighted by Crippen LogP contribution is 2.24.